The lowest BCUT2D eigenvalue weighted by Gasteiger charge is -2.25. The van der Waals surface area contributed by atoms with Gasteiger partial charge in [-0.3, -0.25) is 9.59 Å². The first kappa shape index (κ1) is 15.2. The maximum atomic E-state index is 13.3. The first-order valence-electron chi connectivity index (χ1n) is 7.56. The number of hydrogen-bond donors (Lipinski definition) is 2. The van der Waals surface area contributed by atoms with E-state index in [4.69, 9.17) is 0 Å². The molecule has 2 amide bonds. The van der Waals surface area contributed by atoms with E-state index in [1.807, 2.05) is 24.3 Å². The molecule has 0 spiro atoms. The predicted molar refractivity (Wildman–Crippen MR) is 86.8 cm³/mol. The van der Waals surface area contributed by atoms with E-state index in [0.29, 0.717) is 16.9 Å². The second-order valence-electron chi connectivity index (χ2n) is 5.58. The van der Waals surface area contributed by atoms with Gasteiger partial charge in [-0.15, -0.1) is 0 Å². The maximum absolute atomic E-state index is 13.3. The van der Waals surface area contributed by atoms with Gasteiger partial charge in [-0.1, -0.05) is 25.1 Å². The highest BCUT2D eigenvalue weighted by molar-refractivity contribution is 6.05. The van der Waals surface area contributed by atoms with Gasteiger partial charge in [0.05, 0.1) is 5.92 Å². The Morgan fingerprint density at radius 1 is 1.26 bits per heavy atom. The standard InChI is InChI=1S/C18H17FN2O2/c1-2-11-3-6-13(7-4-11)20-18(23)15-10-17(22)21-16-9-12(19)5-8-14(15)16/h3-9,15H,2,10H2,1H3,(H,20,23)(H,21,22). The van der Waals surface area contributed by atoms with Crippen molar-refractivity contribution in [1.82, 2.24) is 0 Å². The van der Waals surface area contributed by atoms with Crippen molar-refractivity contribution in [1.29, 1.82) is 0 Å². The van der Waals surface area contributed by atoms with Crippen molar-refractivity contribution in [3.05, 3.63) is 59.4 Å². The summed E-state index contributed by atoms with van der Waals surface area (Å²) < 4.78 is 13.3. The molecule has 1 unspecified atom stereocenters. The Balaban J connectivity index is 1.83. The van der Waals surface area contributed by atoms with Crippen LogP contribution < -0.4 is 10.6 Å². The molecule has 0 fully saturated rings. The van der Waals surface area contributed by atoms with E-state index < -0.39 is 11.7 Å². The molecular weight excluding hydrogens is 295 g/mol. The average Bonchev–Trinajstić information content (AvgIpc) is 2.54. The number of fused-ring (bicyclic) bond motifs is 1. The minimum Gasteiger partial charge on any atom is -0.326 e. The smallest absolute Gasteiger partial charge is 0.232 e. The normalized spacial score (nSPS) is 16.4. The Labute approximate surface area is 133 Å². The van der Waals surface area contributed by atoms with Gasteiger partial charge in [-0.05, 0) is 41.8 Å². The fourth-order valence-electron chi connectivity index (χ4n) is 2.72. The largest absolute Gasteiger partial charge is 0.326 e. The lowest BCUT2D eigenvalue weighted by molar-refractivity contribution is -0.123. The van der Waals surface area contributed by atoms with Crippen molar-refractivity contribution in [3.8, 4) is 0 Å². The molecule has 1 aliphatic rings. The van der Waals surface area contributed by atoms with Gasteiger partial charge < -0.3 is 10.6 Å². The van der Waals surface area contributed by atoms with Crippen LogP contribution in [-0.4, -0.2) is 11.8 Å². The Bertz CT molecular complexity index is 756. The lowest BCUT2D eigenvalue weighted by atomic mass is 9.89. The molecule has 0 saturated heterocycles. The summed E-state index contributed by atoms with van der Waals surface area (Å²) in [5, 5.41) is 5.43. The van der Waals surface area contributed by atoms with Gasteiger partial charge in [0.1, 0.15) is 5.82 Å². The molecule has 2 N–H and O–H groups in total. The van der Waals surface area contributed by atoms with Crippen LogP contribution in [0.2, 0.25) is 0 Å². The number of anilines is 2. The highest BCUT2D eigenvalue weighted by atomic mass is 19.1. The van der Waals surface area contributed by atoms with Crippen molar-refractivity contribution >= 4 is 23.2 Å². The second kappa shape index (κ2) is 6.20. The van der Waals surface area contributed by atoms with Gasteiger partial charge in [-0.2, -0.15) is 0 Å². The Morgan fingerprint density at radius 2 is 2.00 bits per heavy atom. The van der Waals surface area contributed by atoms with Crippen LogP contribution in [0.25, 0.3) is 0 Å². The van der Waals surface area contributed by atoms with Crippen LogP contribution >= 0.6 is 0 Å². The summed E-state index contributed by atoms with van der Waals surface area (Å²) in [6.07, 6.45) is 0.980. The number of carbonyl (C=O) groups is 2. The zero-order valence-corrected chi connectivity index (χ0v) is 12.7. The molecule has 23 heavy (non-hydrogen) atoms. The summed E-state index contributed by atoms with van der Waals surface area (Å²) in [5.74, 6) is -1.62. The third kappa shape index (κ3) is 3.23. The zero-order valence-electron chi connectivity index (χ0n) is 12.7. The fourth-order valence-corrected chi connectivity index (χ4v) is 2.72. The third-order valence-electron chi connectivity index (χ3n) is 4.00. The van der Waals surface area contributed by atoms with Crippen molar-refractivity contribution in [2.24, 2.45) is 0 Å². The van der Waals surface area contributed by atoms with E-state index in [9.17, 15) is 14.0 Å². The van der Waals surface area contributed by atoms with E-state index in [1.54, 1.807) is 6.07 Å². The van der Waals surface area contributed by atoms with Crippen LogP contribution in [0, 0.1) is 5.82 Å². The zero-order chi connectivity index (χ0) is 16.4. The van der Waals surface area contributed by atoms with E-state index >= 15 is 0 Å². The Kier molecular flexibility index (Phi) is 4.10. The fraction of sp³-hybridized carbons (Fsp3) is 0.222. The Hall–Kier alpha value is -2.69. The van der Waals surface area contributed by atoms with Crippen LogP contribution in [0.4, 0.5) is 15.8 Å². The van der Waals surface area contributed by atoms with Crippen LogP contribution in [0.15, 0.2) is 42.5 Å². The SMILES string of the molecule is CCc1ccc(NC(=O)C2CC(=O)Nc3cc(F)ccc32)cc1. The molecule has 1 atom stereocenters. The number of rotatable bonds is 3. The molecular formula is C18H17FN2O2. The lowest BCUT2D eigenvalue weighted by Crippen LogP contribution is -2.30. The quantitative estimate of drug-likeness (QED) is 0.912. The summed E-state index contributed by atoms with van der Waals surface area (Å²) in [6.45, 7) is 2.06. The van der Waals surface area contributed by atoms with Crippen molar-refractivity contribution in [3.63, 3.8) is 0 Å². The number of halogens is 1. The highest BCUT2D eigenvalue weighted by Gasteiger charge is 2.30. The number of amides is 2. The Morgan fingerprint density at radius 3 is 2.70 bits per heavy atom. The third-order valence-corrected chi connectivity index (χ3v) is 4.00. The van der Waals surface area contributed by atoms with Crippen molar-refractivity contribution < 1.29 is 14.0 Å². The average molecular weight is 312 g/mol. The molecule has 118 valence electrons. The number of aryl methyl sites for hydroxylation is 1. The van der Waals surface area contributed by atoms with Crippen molar-refractivity contribution in [2.75, 3.05) is 10.6 Å². The van der Waals surface area contributed by atoms with Crippen LogP contribution in [0.3, 0.4) is 0 Å². The molecule has 5 heteroatoms. The number of hydrogen-bond acceptors (Lipinski definition) is 2. The summed E-state index contributed by atoms with van der Waals surface area (Å²) >= 11 is 0. The molecule has 0 aliphatic carbocycles. The topological polar surface area (TPSA) is 58.2 Å². The molecule has 0 saturated carbocycles. The van der Waals surface area contributed by atoms with Gasteiger partial charge >= 0.3 is 0 Å². The van der Waals surface area contributed by atoms with Crippen molar-refractivity contribution in [2.45, 2.75) is 25.7 Å². The molecule has 2 aromatic rings. The molecule has 0 aromatic heterocycles. The molecule has 1 heterocycles. The maximum Gasteiger partial charge on any atom is 0.232 e. The minimum absolute atomic E-state index is 0.0531. The van der Waals surface area contributed by atoms with Gasteiger partial charge in [0.15, 0.2) is 0 Å². The van der Waals surface area contributed by atoms with E-state index in [1.165, 1.54) is 17.7 Å². The molecule has 3 rings (SSSR count). The van der Waals surface area contributed by atoms with Gasteiger partial charge in [0.2, 0.25) is 11.8 Å². The van der Waals surface area contributed by atoms with Crippen LogP contribution in [-0.2, 0) is 16.0 Å². The molecule has 0 bridgehead atoms. The summed E-state index contributed by atoms with van der Waals surface area (Å²) in [7, 11) is 0. The van der Waals surface area contributed by atoms with Crippen LogP contribution in [0.5, 0.6) is 0 Å². The van der Waals surface area contributed by atoms with Gasteiger partial charge in [-0.25, -0.2) is 4.39 Å². The van der Waals surface area contributed by atoms with E-state index in [2.05, 4.69) is 17.6 Å². The number of carbonyl (C=O) groups excluding carboxylic acids is 2. The summed E-state index contributed by atoms with van der Waals surface area (Å²) in [6, 6.07) is 11.7. The second-order valence-corrected chi connectivity index (χ2v) is 5.58. The first-order valence-corrected chi connectivity index (χ1v) is 7.56. The van der Waals surface area contributed by atoms with Gasteiger partial charge in [0, 0.05) is 17.8 Å². The van der Waals surface area contributed by atoms with E-state index in [0.717, 1.165) is 6.42 Å². The molecule has 1 aliphatic heterocycles. The molecule has 4 nitrogen and oxygen atoms in total. The van der Waals surface area contributed by atoms with Gasteiger partial charge in [0.25, 0.3) is 0 Å². The van der Waals surface area contributed by atoms with Crippen LogP contribution in [0.1, 0.15) is 30.4 Å². The number of benzene rings is 2. The molecule has 0 radical (unpaired) electrons. The number of nitrogens with one attached hydrogen (secondary N) is 2. The predicted octanol–water partition coefficient (Wildman–Crippen LogP) is 3.45. The summed E-state index contributed by atoms with van der Waals surface area (Å²) in [5.41, 5.74) is 2.86. The molecule has 2 aromatic carbocycles. The van der Waals surface area contributed by atoms with E-state index in [-0.39, 0.29) is 18.2 Å². The first-order chi connectivity index (χ1) is 11.1. The monoisotopic (exact) mass is 312 g/mol. The minimum atomic E-state index is -0.620. The summed E-state index contributed by atoms with van der Waals surface area (Å²) in [4.78, 5) is 24.3. The highest BCUT2D eigenvalue weighted by Crippen LogP contribution is 2.33.